The van der Waals surface area contributed by atoms with Gasteiger partial charge in [0.1, 0.15) is 9.28 Å². The van der Waals surface area contributed by atoms with Crippen molar-refractivity contribution in [2.45, 2.75) is 0 Å². The van der Waals surface area contributed by atoms with E-state index in [9.17, 15) is 9.59 Å². The molecular formula is C8H8N4O2S2. The van der Waals surface area contributed by atoms with E-state index in [1.165, 1.54) is 12.4 Å². The van der Waals surface area contributed by atoms with Crippen LogP contribution < -0.4 is 11.4 Å². The lowest BCUT2D eigenvalue weighted by Gasteiger charge is -1.78. The molecule has 4 N–H and O–H groups in total. The summed E-state index contributed by atoms with van der Waals surface area (Å²) in [6, 6.07) is 3.22. The number of nitrogens with one attached hydrogen (secondary N) is 4. The highest BCUT2D eigenvalue weighted by atomic mass is 32.1. The van der Waals surface area contributed by atoms with E-state index >= 15 is 0 Å². The first-order valence-corrected chi connectivity index (χ1v) is 4.95. The average Bonchev–Trinajstić information content (AvgIpc) is 2.17. The van der Waals surface area contributed by atoms with Gasteiger partial charge < -0.3 is 9.97 Å². The Morgan fingerprint density at radius 3 is 1.38 bits per heavy atom. The van der Waals surface area contributed by atoms with Crippen LogP contribution in [0.15, 0.2) is 34.1 Å². The van der Waals surface area contributed by atoms with Crippen molar-refractivity contribution in [3.63, 3.8) is 0 Å². The predicted molar refractivity (Wildman–Crippen MR) is 64.5 cm³/mol. The second-order valence-electron chi connectivity index (χ2n) is 2.59. The molecule has 2 heterocycles. The summed E-state index contributed by atoms with van der Waals surface area (Å²) in [5.74, 6) is 0. The Kier molecular flexibility index (Phi) is 4.55. The van der Waals surface area contributed by atoms with E-state index in [1.807, 2.05) is 0 Å². The fourth-order valence-electron chi connectivity index (χ4n) is 0.765. The minimum atomic E-state index is -0.266. The molecule has 6 nitrogen and oxygen atoms in total. The van der Waals surface area contributed by atoms with Crippen LogP contribution in [0.5, 0.6) is 0 Å². The quantitative estimate of drug-likeness (QED) is 0.526. The van der Waals surface area contributed by atoms with Gasteiger partial charge in [0.05, 0.1) is 0 Å². The van der Waals surface area contributed by atoms with Crippen molar-refractivity contribution < 1.29 is 0 Å². The Hall–Kier alpha value is -1.80. The molecule has 2 rings (SSSR count). The van der Waals surface area contributed by atoms with Gasteiger partial charge in [-0.1, -0.05) is 24.4 Å². The molecule has 2 aromatic rings. The molecule has 2 aromatic heterocycles. The molecule has 0 saturated heterocycles. The molecule has 0 aliphatic rings. The molecule has 8 heteroatoms. The van der Waals surface area contributed by atoms with Crippen molar-refractivity contribution in [3.8, 4) is 0 Å². The molecule has 0 aliphatic heterocycles. The molecule has 0 aromatic carbocycles. The average molecular weight is 256 g/mol. The van der Waals surface area contributed by atoms with Crippen molar-refractivity contribution in [2.75, 3.05) is 0 Å². The van der Waals surface area contributed by atoms with Crippen LogP contribution in [-0.4, -0.2) is 19.9 Å². The maximum Gasteiger partial charge on any atom is 0.323 e. The van der Waals surface area contributed by atoms with Crippen molar-refractivity contribution in [3.05, 3.63) is 54.8 Å². The highest BCUT2D eigenvalue weighted by molar-refractivity contribution is 7.71. The lowest BCUT2D eigenvalue weighted by molar-refractivity contribution is 1.06. The molecule has 0 saturated carbocycles. The Morgan fingerprint density at radius 2 is 1.19 bits per heavy atom. The third-order valence-electron chi connectivity index (χ3n) is 1.37. The van der Waals surface area contributed by atoms with Crippen LogP contribution in [0, 0.1) is 9.28 Å². The molecule has 0 amide bonds. The number of aromatic nitrogens is 4. The monoisotopic (exact) mass is 256 g/mol. The highest BCUT2D eigenvalue weighted by Gasteiger charge is 1.75. The SMILES string of the molecule is O=c1[nH]ccc(=S)[nH]1.O=c1[nH]ccc(=S)[nH]1. The van der Waals surface area contributed by atoms with Crippen molar-refractivity contribution in [1.82, 2.24) is 19.9 Å². The predicted octanol–water partition coefficient (Wildman–Crippen LogP) is 0.865. The number of H-pyrrole nitrogens is 4. The van der Waals surface area contributed by atoms with Crippen LogP contribution in [0.2, 0.25) is 0 Å². The Bertz CT molecular complexity index is 556. The topological polar surface area (TPSA) is 97.3 Å². The van der Waals surface area contributed by atoms with E-state index in [-0.39, 0.29) is 11.4 Å². The van der Waals surface area contributed by atoms with Crippen molar-refractivity contribution in [1.29, 1.82) is 0 Å². The number of hydrogen-bond acceptors (Lipinski definition) is 4. The third kappa shape index (κ3) is 4.62. The molecule has 0 bridgehead atoms. The number of hydrogen-bond donors (Lipinski definition) is 4. The highest BCUT2D eigenvalue weighted by Crippen LogP contribution is 1.72. The van der Waals surface area contributed by atoms with E-state index < -0.39 is 0 Å². The van der Waals surface area contributed by atoms with E-state index in [0.29, 0.717) is 9.28 Å². The lowest BCUT2D eigenvalue weighted by atomic mass is 10.7. The Morgan fingerprint density at radius 1 is 0.812 bits per heavy atom. The molecular weight excluding hydrogens is 248 g/mol. The van der Waals surface area contributed by atoms with Crippen LogP contribution in [0.3, 0.4) is 0 Å². The summed E-state index contributed by atoms with van der Waals surface area (Å²) in [5, 5.41) is 0. The van der Waals surface area contributed by atoms with Gasteiger partial charge in [0.2, 0.25) is 0 Å². The summed E-state index contributed by atoms with van der Waals surface area (Å²) in [7, 11) is 0. The van der Waals surface area contributed by atoms with E-state index in [4.69, 9.17) is 0 Å². The number of aromatic amines is 4. The van der Waals surface area contributed by atoms with Gasteiger partial charge in [-0.2, -0.15) is 0 Å². The van der Waals surface area contributed by atoms with Gasteiger partial charge in [-0.3, -0.25) is 9.97 Å². The normalized spacial score (nSPS) is 9.00. The van der Waals surface area contributed by atoms with Crippen LogP contribution >= 0.6 is 24.4 Å². The first kappa shape index (κ1) is 12.3. The fraction of sp³-hybridized carbons (Fsp3) is 0. The molecule has 0 fully saturated rings. The molecule has 16 heavy (non-hydrogen) atoms. The van der Waals surface area contributed by atoms with Gasteiger partial charge in [-0.15, -0.1) is 0 Å². The summed E-state index contributed by atoms with van der Waals surface area (Å²) >= 11 is 9.25. The third-order valence-corrected chi connectivity index (χ3v) is 1.85. The smallest absolute Gasteiger partial charge is 0.314 e. The van der Waals surface area contributed by atoms with Crippen molar-refractivity contribution in [2.24, 2.45) is 0 Å². The van der Waals surface area contributed by atoms with E-state index in [1.54, 1.807) is 12.1 Å². The van der Waals surface area contributed by atoms with Crippen LogP contribution in [-0.2, 0) is 0 Å². The second kappa shape index (κ2) is 5.93. The van der Waals surface area contributed by atoms with Gasteiger partial charge >= 0.3 is 11.4 Å². The van der Waals surface area contributed by atoms with Gasteiger partial charge in [0.25, 0.3) is 0 Å². The maximum atomic E-state index is 10.3. The first-order valence-electron chi connectivity index (χ1n) is 4.14. The van der Waals surface area contributed by atoms with Gasteiger partial charge in [-0.25, -0.2) is 9.59 Å². The van der Waals surface area contributed by atoms with Crippen molar-refractivity contribution >= 4 is 24.4 Å². The summed E-state index contributed by atoms with van der Waals surface area (Å²) in [6.45, 7) is 0. The lowest BCUT2D eigenvalue weighted by Crippen LogP contribution is -2.07. The summed E-state index contributed by atoms with van der Waals surface area (Å²) in [4.78, 5) is 30.2. The Balaban J connectivity index is 0.000000160. The zero-order valence-electron chi connectivity index (χ0n) is 7.94. The van der Waals surface area contributed by atoms with Gasteiger partial charge in [0, 0.05) is 12.4 Å². The summed E-state index contributed by atoms with van der Waals surface area (Å²) in [5.41, 5.74) is -0.532. The van der Waals surface area contributed by atoms with E-state index in [0.717, 1.165) is 0 Å². The van der Waals surface area contributed by atoms with E-state index in [2.05, 4.69) is 44.4 Å². The van der Waals surface area contributed by atoms with Crippen LogP contribution in [0.25, 0.3) is 0 Å². The molecule has 0 spiro atoms. The maximum absolute atomic E-state index is 10.3. The summed E-state index contributed by atoms with van der Waals surface area (Å²) in [6.07, 6.45) is 3.00. The van der Waals surface area contributed by atoms with Gasteiger partial charge in [-0.05, 0) is 12.1 Å². The minimum Gasteiger partial charge on any atom is -0.314 e. The molecule has 0 atom stereocenters. The molecule has 0 aliphatic carbocycles. The number of rotatable bonds is 0. The Labute approximate surface area is 99.4 Å². The van der Waals surface area contributed by atoms with Gasteiger partial charge in [0.15, 0.2) is 0 Å². The fourth-order valence-corrected chi connectivity index (χ4v) is 1.09. The molecule has 0 unspecified atom stereocenters. The first-order chi connectivity index (χ1) is 7.58. The summed E-state index contributed by atoms with van der Waals surface area (Å²) < 4.78 is 0.905. The second-order valence-corrected chi connectivity index (χ2v) is 3.47. The minimum absolute atomic E-state index is 0.266. The standard InChI is InChI=1S/2C4H4N2OS/c2*7-4-5-2-1-3(8)6-4/h2*1-2H,(H2,5,6,7,8). The molecule has 0 radical (unpaired) electrons. The van der Waals surface area contributed by atoms with Crippen LogP contribution in [0.1, 0.15) is 0 Å². The zero-order chi connectivity index (χ0) is 12.0. The zero-order valence-corrected chi connectivity index (χ0v) is 9.58. The van der Waals surface area contributed by atoms with Crippen LogP contribution in [0.4, 0.5) is 0 Å². The largest absolute Gasteiger partial charge is 0.323 e. The molecule has 84 valence electrons.